The Labute approximate surface area is 197 Å². The SMILES string of the molecule is C=CC(C)CC/C=C/C(CC)(CC)OC(=O)Nc1cccc(Cc2cccc(N=C=O)c2)c1. The zero-order valence-electron chi connectivity index (χ0n) is 19.8. The minimum absolute atomic E-state index is 0.462. The first-order valence-corrected chi connectivity index (χ1v) is 11.5. The lowest BCUT2D eigenvalue weighted by Crippen LogP contribution is -2.33. The number of hydrogen-bond acceptors (Lipinski definition) is 4. The maximum absolute atomic E-state index is 12.7. The van der Waals surface area contributed by atoms with E-state index in [1.165, 1.54) is 0 Å². The number of carbonyl (C=O) groups is 1. The Hall–Kier alpha value is -3.43. The first-order chi connectivity index (χ1) is 15.9. The number of rotatable bonds is 12. The van der Waals surface area contributed by atoms with Gasteiger partial charge in [-0.25, -0.2) is 9.59 Å². The van der Waals surface area contributed by atoms with Gasteiger partial charge in [-0.2, -0.15) is 4.99 Å². The molecule has 5 heteroatoms. The second-order valence-electron chi connectivity index (χ2n) is 8.23. The third-order valence-corrected chi connectivity index (χ3v) is 5.77. The summed E-state index contributed by atoms with van der Waals surface area (Å²) >= 11 is 0. The van der Waals surface area contributed by atoms with Gasteiger partial charge in [-0.05, 0) is 79.5 Å². The number of anilines is 1. The molecular formula is C28H34N2O3. The van der Waals surface area contributed by atoms with E-state index < -0.39 is 11.7 Å². The van der Waals surface area contributed by atoms with Crippen molar-refractivity contribution in [2.24, 2.45) is 10.9 Å². The van der Waals surface area contributed by atoms with Crippen molar-refractivity contribution < 1.29 is 14.3 Å². The molecule has 0 heterocycles. The fraction of sp³-hybridized carbons (Fsp3) is 0.357. The fourth-order valence-electron chi connectivity index (χ4n) is 3.55. The third-order valence-electron chi connectivity index (χ3n) is 5.77. The second-order valence-corrected chi connectivity index (χ2v) is 8.23. The molecule has 0 aliphatic rings. The molecule has 1 atom stereocenters. The van der Waals surface area contributed by atoms with Crippen molar-refractivity contribution in [2.45, 2.75) is 58.5 Å². The molecule has 0 radical (unpaired) electrons. The molecule has 0 bridgehead atoms. The van der Waals surface area contributed by atoms with Gasteiger partial charge in [0.25, 0.3) is 0 Å². The number of amides is 1. The Morgan fingerprint density at radius 1 is 1.18 bits per heavy atom. The normalized spacial score (nSPS) is 12.1. The van der Waals surface area contributed by atoms with Crippen molar-refractivity contribution >= 4 is 23.5 Å². The standard InChI is InChI=1S/C28H34N2O3/c1-5-22(4)12-8-9-17-28(6-2,7-3)33-27(32)30-26-16-11-14-24(20-26)18-23-13-10-15-25(19-23)29-21-31/h5,9-11,13-17,19-20,22H,1,6-8,12,18H2,2-4H3,(H,30,32)/b17-9+. The highest BCUT2D eigenvalue weighted by Crippen LogP contribution is 2.25. The highest BCUT2D eigenvalue weighted by atomic mass is 16.6. The van der Waals surface area contributed by atoms with Gasteiger partial charge in [-0.3, -0.25) is 5.32 Å². The Bertz CT molecular complexity index is 1000. The van der Waals surface area contributed by atoms with Crippen LogP contribution in [0.15, 0.2) is 78.3 Å². The summed E-state index contributed by atoms with van der Waals surface area (Å²) in [5.41, 5.74) is 2.65. The largest absolute Gasteiger partial charge is 0.438 e. The average molecular weight is 447 g/mol. The van der Waals surface area contributed by atoms with Gasteiger partial charge in [0.05, 0.1) is 5.69 Å². The molecule has 0 fully saturated rings. The van der Waals surface area contributed by atoms with E-state index in [0.29, 0.717) is 36.6 Å². The Morgan fingerprint density at radius 2 is 1.88 bits per heavy atom. The number of nitrogens with zero attached hydrogens (tertiary/aromatic N) is 1. The quantitative estimate of drug-likeness (QED) is 0.208. The summed E-state index contributed by atoms with van der Waals surface area (Å²) in [5, 5.41) is 2.86. The molecule has 2 aromatic rings. The van der Waals surface area contributed by atoms with Gasteiger partial charge in [-0.1, -0.05) is 57.2 Å². The van der Waals surface area contributed by atoms with Crippen LogP contribution in [-0.4, -0.2) is 17.8 Å². The van der Waals surface area contributed by atoms with E-state index >= 15 is 0 Å². The van der Waals surface area contributed by atoms with Crippen LogP contribution in [0, 0.1) is 5.92 Å². The van der Waals surface area contributed by atoms with E-state index in [0.717, 1.165) is 24.0 Å². The zero-order valence-corrected chi connectivity index (χ0v) is 19.8. The lowest BCUT2D eigenvalue weighted by molar-refractivity contribution is 0.0509. The molecule has 33 heavy (non-hydrogen) atoms. The van der Waals surface area contributed by atoms with Crippen molar-refractivity contribution in [3.63, 3.8) is 0 Å². The van der Waals surface area contributed by atoms with Crippen LogP contribution < -0.4 is 5.32 Å². The van der Waals surface area contributed by atoms with Crippen molar-refractivity contribution in [1.82, 2.24) is 0 Å². The van der Waals surface area contributed by atoms with Crippen LogP contribution in [0.4, 0.5) is 16.2 Å². The summed E-state index contributed by atoms with van der Waals surface area (Å²) in [6.07, 6.45) is 11.1. The molecular weight excluding hydrogens is 412 g/mol. The summed E-state index contributed by atoms with van der Waals surface area (Å²) in [4.78, 5) is 26.9. The topological polar surface area (TPSA) is 67.8 Å². The van der Waals surface area contributed by atoms with E-state index in [-0.39, 0.29) is 0 Å². The van der Waals surface area contributed by atoms with Crippen LogP contribution in [0.3, 0.4) is 0 Å². The van der Waals surface area contributed by atoms with Crippen LogP contribution >= 0.6 is 0 Å². The van der Waals surface area contributed by atoms with Gasteiger partial charge in [0.15, 0.2) is 0 Å². The van der Waals surface area contributed by atoms with Crippen molar-refractivity contribution in [3.8, 4) is 0 Å². The third kappa shape index (κ3) is 8.55. The first-order valence-electron chi connectivity index (χ1n) is 11.5. The summed E-state index contributed by atoms with van der Waals surface area (Å²) in [6.45, 7) is 10.0. The predicted molar refractivity (Wildman–Crippen MR) is 135 cm³/mol. The number of ether oxygens (including phenoxy) is 1. The Balaban J connectivity index is 2.03. The van der Waals surface area contributed by atoms with E-state index in [1.807, 2.05) is 68.5 Å². The number of allylic oxidation sites excluding steroid dienone is 2. The van der Waals surface area contributed by atoms with Crippen LogP contribution in [0.5, 0.6) is 0 Å². The molecule has 0 saturated heterocycles. The molecule has 1 amide bonds. The zero-order chi connectivity index (χ0) is 24.1. The van der Waals surface area contributed by atoms with Crippen LogP contribution in [0.1, 0.15) is 57.6 Å². The van der Waals surface area contributed by atoms with Crippen LogP contribution in [-0.2, 0) is 16.0 Å². The summed E-state index contributed by atoms with van der Waals surface area (Å²) in [7, 11) is 0. The van der Waals surface area contributed by atoms with Crippen molar-refractivity contribution in [2.75, 3.05) is 5.32 Å². The number of hydrogen-bond donors (Lipinski definition) is 1. The van der Waals surface area contributed by atoms with Crippen LogP contribution in [0.2, 0.25) is 0 Å². The van der Waals surface area contributed by atoms with Gasteiger partial charge >= 0.3 is 6.09 Å². The molecule has 0 spiro atoms. The lowest BCUT2D eigenvalue weighted by atomic mass is 9.95. The summed E-state index contributed by atoms with van der Waals surface area (Å²) < 4.78 is 5.87. The number of benzene rings is 2. The second kappa shape index (κ2) is 13.2. The first kappa shape index (κ1) is 25.8. The van der Waals surface area contributed by atoms with E-state index in [4.69, 9.17) is 4.74 Å². The van der Waals surface area contributed by atoms with E-state index in [2.05, 4.69) is 29.9 Å². The van der Waals surface area contributed by atoms with Gasteiger partial charge in [0.1, 0.15) is 5.60 Å². The maximum Gasteiger partial charge on any atom is 0.412 e. The summed E-state index contributed by atoms with van der Waals surface area (Å²) in [6, 6.07) is 15.1. The maximum atomic E-state index is 12.7. The van der Waals surface area contributed by atoms with Gasteiger partial charge in [0.2, 0.25) is 6.08 Å². The Morgan fingerprint density at radius 3 is 2.55 bits per heavy atom. The molecule has 2 aromatic carbocycles. The smallest absolute Gasteiger partial charge is 0.412 e. The molecule has 2 rings (SSSR count). The molecule has 0 saturated carbocycles. The van der Waals surface area contributed by atoms with E-state index in [1.54, 1.807) is 12.1 Å². The van der Waals surface area contributed by atoms with Crippen molar-refractivity contribution in [3.05, 3.63) is 84.5 Å². The highest BCUT2D eigenvalue weighted by Gasteiger charge is 2.27. The number of isocyanates is 1. The number of carbonyl (C=O) groups excluding carboxylic acids is 2. The Kier molecular flexibility index (Phi) is 10.3. The summed E-state index contributed by atoms with van der Waals surface area (Å²) in [5.74, 6) is 0.462. The predicted octanol–water partition coefficient (Wildman–Crippen LogP) is 7.51. The van der Waals surface area contributed by atoms with E-state index in [9.17, 15) is 9.59 Å². The number of nitrogens with one attached hydrogen (secondary N) is 1. The highest BCUT2D eigenvalue weighted by molar-refractivity contribution is 5.85. The minimum atomic E-state index is -0.626. The fourth-order valence-corrected chi connectivity index (χ4v) is 3.55. The number of aliphatic imine (C=N–C) groups is 1. The van der Waals surface area contributed by atoms with Gasteiger partial charge in [0, 0.05) is 5.69 Å². The molecule has 0 aliphatic carbocycles. The molecule has 5 nitrogen and oxygen atoms in total. The monoisotopic (exact) mass is 446 g/mol. The lowest BCUT2D eigenvalue weighted by Gasteiger charge is -2.28. The molecule has 1 N–H and O–H groups in total. The minimum Gasteiger partial charge on any atom is -0.438 e. The van der Waals surface area contributed by atoms with Gasteiger partial charge < -0.3 is 4.74 Å². The van der Waals surface area contributed by atoms with Crippen LogP contribution in [0.25, 0.3) is 0 Å². The van der Waals surface area contributed by atoms with Gasteiger partial charge in [-0.15, -0.1) is 6.58 Å². The molecule has 174 valence electrons. The molecule has 0 aromatic heterocycles. The average Bonchev–Trinajstić information content (AvgIpc) is 2.81. The molecule has 0 aliphatic heterocycles. The molecule has 1 unspecified atom stereocenters. The van der Waals surface area contributed by atoms with Crippen molar-refractivity contribution in [1.29, 1.82) is 0 Å².